The van der Waals surface area contributed by atoms with E-state index in [1.165, 1.54) is 32.1 Å². The van der Waals surface area contributed by atoms with Gasteiger partial charge in [0.05, 0.1) is 13.2 Å². The fourth-order valence-corrected chi connectivity index (χ4v) is 4.22. The maximum atomic E-state index is 12.4. The van der Waals surface area contributed by atoms with E-state index in [0.29, 0.717) is 19.1 Å². The van der Waals surface area contributed by atoms with E-state index in [1.807, 2.05) is 13.8 Å². The molecule has 0 aromatic heterocycles. The molecule has 1 fully saturated rings. The lowest BCUT2D eigenvalue weighted by Crippen LogP contribution is -2.27. The summed E-state index contributed by atoms with van der Waals surface area (Å²) in [5, 5.41) is 0. The summed E-state index contributed by atoms with van der Waals surface area (Å²) in [7, 11) is -3.10. The van der Waals surface area contributed by atoms with Crippen LogP contribution in [-0.4, -0.2) is 19.0 Å². The highest BCUT2D eigenvalue weighted by atomic mass is 31.2. The summed E-state index contributed by atoms with van der Waals surface area (Å²) < 4.78 is 23.0. The minimum atomic E-state index is -3.10. The molecule has 1 aliphatic carbocycles. The van der Waals surface area contributed by atoms with Gasteiger partial charge in [0.1, 0.15) is 5.78 Å². The van der Waals surface area contributed by atoms with Crippen LogP contribution >= 0.6 is 7.60 Å². The SMILES string of the molecule is CCOP(=O)(OCC)[C@@H](N)CC1CCCCC1. The highest BCUT2D eigenvalue weighted by molar-refractivity contribution is 7.54. The molecule has 1 rings (SSSR count). The molecule has 1 saturated carbocycles. The van der Waals surface area contributed by atoms with Gasteiger partial charge in [0.2, 0.25) is 0 Å². The first-order valence-electron chi connectivity index (χ1n) is 6.76. The highest BCUT2D eigenvalue weighted by Gasteiger charge is 2.34. The Hall–Kier alpha value is 0.110. The van der Waals surface area contributed by atoms with Crippen molar-refractivity contribution < 1.29 is 13.6 Å². The van der Waals surface area contributed by atoms with Crippen LogP contribution in [0.1, 0.15) is 52.4 Å². The minimum absolute atomic E-state index is 0.385. The summed E-state index contributed by atoms with van der Waals surface area (Å²) in [5.41, 5.74) is 6.04. The zero-order chi connectivity index (χ0) is 12.7. The predicted molar refractivity (Wildman–Crippen MR) is 70.0 cm³/mol. The van der Waals surface area contributed by atoms with Crippen LogP contribution in [0.25, 0.3) is 0 Å². The van der Waals surface area contributed by atoms with Crippen LogP contribution in [0.2, 0.25) is 0 Å². The van der Waals surface area contributed by atoms with Gasteiger partial charge >= 0.3 is 7.60 Å². The topological polar surface area (TPSA) is 61.5 Å². The van der Waals surface area contributed by atoms with Crippen molar-refractivity contribution in [3.8, 4) is 0 Å². The molecule has 1 aliphatic rings. The Morgan fingerprint density at radius 3 is 2.18 bits per heavy atom. The lowest BCUT2D eigenvalue weighted by atomic mass is 9.87. The molecule has 0 unspecified atom stereocenters. The molecule has 0 bridgehead atoms. The minimum Gasteiger partial charge on any atom is -0.318 e. The zero-order valence-electron chi connectivity index (χ0n) is 11.1. The molecule has 0 radical (unpaired) electrons. The molecular weight excluding hydrogens is 237 g/mol. The Balaban J connectivity index is 2.51. The van der Waals surface area contributed by atoms with Crippen molar-refractivity contribution in [2.45, 2.75) is 58.2 Å². The van der Waals surface area contributed by atoms with E-state index in [0.717, 1.165) is 6.42 Å². The Kier molecular flexibility index (Phi) is 6.71. The lowest BCUT2D eigenvalue weighted by molar-refractivity contribution is 0.204. The fraction of sp³-hybridized carbons (Fsp3) is 1.00. The van der Waals surface area contributed by atoms with Gasteiger partial charge in [0.25, 0.3) is 0 Å². The van der Waals surface area contributed by atoms with Gasteiger partial charge in [-0.05, 0) is 26.2 Å². The van der Waals surface area contributed by atoms with Gasteiger partial charge in [0, 0.05) is 0 Å². The largest absolute Gasteiger partial charge is 0.347 e. The molecule has 2 N–H and O–H groups in total. The van der Waals surface area contributed by atoms with Gasteiger partial charge in [-0.25, -0.2) is 0 Å². The molecule has 0 aromatic carbocycles. The summed E-state index contributed by atoms with van der Waals surface area (Å²) in [6, 6.07) is 0. The van der Waals surface area contributed by atoms with E-state index in [2.05, 4.69) is 0 Å². The summed E-state index contributed by atoms with van der Waals surface area (Å²) in [4.78, 5) is 0. The van der Waals surface area contributed by atoms with Crippen LogP contribution in [0, 0.1) is 5.92 Å². The van der Waals surface area contributed by atoms with Crippen molar-refractivity contribution in [3.63, 3.8) is 0 Å². The molecular formula is C12H26NO3P. The van der Waals surface area contributed by atoms with Crippen LogP contribution in [-0.2, 0) is 13.6 Å². The Morgan fingerprint density at radius 1 is 1.18 bits per heavy atom. The second-order valence-corrected chi connectivity index (χ2v) is 6.94. The van der Waals surface area contributed by atoms with E-state index >= 15 is 0 Å². The monoisotopic (exact) mass is 263 g/mol. The van der Waals surface area contributed by atoms with E-state index in [1.54, 1.807) is 0 Å². The molecule has 4 nitrogen and oxygen atoms in total. The maximum Gasteiger partial charge on any atom is 0.347 e. The summed E-state index contributed by atoms with van der Waals surface area (Å²) in [5.74, 6) is 0.124. The van der Waals surface area contributed by atoms with Gasteiger partial charge in [-0.1, -0.05) is 32.1 Å². The molecule has 17 heavy (non-hydrogen) atoms. The normalized spacial score (nSPS) is 20.4. The van der Waals surface area contributed by atoms with Crippen LogP contribution < -0.4 is 5.73 Å². The van der Waals surface area contributed by atoms with E-state index in [-0.39, 0.29) is 0 Å². The Labute approximate surface area is 105 Å². The van der Waals surface area contributed by atoms with Crippen molar-refractivity contribution in [1.29, 1.82) is 0 Å². The van der Waals surface area contributed by atoms with E-state index < -0.39 is 13.4 Å². The average Bonchev–Trinajstić information content (AvgIpc) is 2.31. The average molecular weight is 263 g/mol. The van der Waals surface area contributed by atoms with E-state index in [9.17, 15) is 4.57 Å². The first-order chi connectivity index (χ1) is 8.12. The smallest absolute Gasteiger partial charge is 0.318 e. The van der Waals surface area contributed by atoms with Crippen LogP contribution in [0.15, 0.2) is 0 Å². The van der Waals surface area contributed by atoms with Crippen molar-refractivity contribution in [2.24, 2.45) is 11.7 Å². The van der Waals surface area contributed by atoms with Gasteiger partial charge in [-0.3, -0.25) is 4.57 Å². The molecule has 0 spiro atoms. The predicted octanol–water partition coefficient (Wildman–Crippen LogP) is 3.51. The van der Waals surface area contributed by atoms with Gasteiger partial charge in [-0.2, -0.15) is 0 Å². The van der Waals surface area contributed by atoms with E-state index in [4.69, 9.17) is 14.8 Å². The van der Waals surface area contributed by atoms with Gasteiger partial charge in [0.15, 0.2) is 0 Å². The molecule has 1 atom stereocenters. The first-order valence-corrected chi connectivity index (χ1v) is 8.38. The Bertz CT molecular complexity index is 244. The third kappa shape index (κ3) is 4.70. The van der Waals surface area contributed by atoms with Crippen molar-refractivity contribution >= 4 is 7.60 Å². The molecule has 102 valence electrons. The second kappa shape index (κ2) is 7.52. The summed E-state index contributed by atoms with van der Waals surface area (Å²) >= 11 is 0. The highest BCUT2D eigenvalue weighted by Crippen LogP contribution is 2.53. The molecule has 5 heteroatoms. The molecule has 0 aromatic rings. The molecule has 0 amide bonds. The van der Waals surface area contributed by atoms with Crippen LogP contribution in [0.4, 0.5) is 0 Å². The molecule has 0 heterocycles. The van der Waals surface area contributed by atoms with Crippen LogP contribution in [0.5, 0.6) is 0 Å². The number of nitrogens with two attached hydrogens (primary N) is 1. The Morgan fingerprint density at radius 2 is 1.71 bits per heavy atom. The number of hydrogen-bond donors (Lipinski definition) is 1. The summed E-state index contributed by atoms with van der Waals surface area (Å²) in [6.07, 6.45) is 7.02. The van der Waals surface area contributed by atoms with Gasteiger partial charge < -0.3 is 14.8 Å². The number of hydrogen-bond acceptors (Lipinski definition) is 4. The maximum absolute atomic E-state index is 12.4. The van der Waals surface area contributed by atoms with Crippen molar-refractivity contribution in [2.75, 3.05) is 13.2 Å². The zero-order valence-corrected chi connectivity index (χ0v) is 12.0. The fourth-order valence-electron chi connectivity index (χ4n) is 2.48. The van der Waals surface area contributed by atoms with Crippen molar-refractivity contribution in [3.05, 3.63) is 0 Å². The quantitative estimate of drug-likeness (QED) is 0.714. The van der Waals surface area contributed by atoms with Gasteiger partial charge in [-0.15, -0.1) is 0 Å². The number of rotatable bonds is 7. The molecule has 0 saturated heterocycles. The van der Waals surface area contributed by atoms with Crippen molar-refractivity contribution in [1.82, 2.24) is 0 Å². The van der Waals surface area contributed by atoms with Crippen LogP contribution in [0.3, 0.4) is 0 Å². The standard InChI is InChI=1S/C12H26NO3P/c1-3-15-17(14,16-4-2)12(13)10-11-8-6-5-7-9-11/h11-12H,3-10,13H2,1-2H3/t12-/m1/s1. The third-order valence-electron chi connectivity index (χ3n) is 3.32. The second-order valence-electron chi connectivity index (χ2n) is 4.68. The lowest BCUT2D eigenvalue weighted by Gasteiger charge is -2.28. The third-order valence-corrected chi connectivity index (χ3v) is 5.58. The first kappa shape index (κ1) is 15.2. The molecule has 0 aliphatic heterocycles. The summed E-state index contributed by atoms with van der Waals surface area (Å²) in [6.45, 7) is 4.41.